The van der Waals surface area contributed by atoms with Crippen LogP contribution in [0.1, 0.15) is 25.2 Å². The van der Waals surface area contributed by atoms with Crippen LogP contribution in [0.3, 0.4) is 0 Å². The first-order valence-corrected chi connectivity index (χ1v) is 10.4. The highest BCUT2D eigenvalue weighted by molar-refractivity contribution is 5.78. The van der Waals surface area contributed by atoms with Crippen molar-refractivity contribution < 1.29 is 14.3 Å². The number of ether oxygens (including phenoxy) is 2. The number of aromatic nitrogens is 5. The topological polar surface area (TPSA) is 107 Å². The van der Waals surface area contributed by atoms with Crippen molar-refractivity contribution in [2.24, 2.45) is 7.05 Å². The lowest BCUT2D eigenvalue weighted by atomic mass is 10.1. The molecule has 32 heavy (non-hydrogen) atoms. The maximum absolute atomic E-state index is 11.9. The van der Waals surface area contributed by atoms with Gasteiger partial charge in [-0.3, -0.25) is 9.89 Å². The molecular formula is C23H26N6O3. The number of aromatic amines is 1. The van der Waals surface area contributed by atoms with E-state index in [0.29, 0.717) is 23.7 Å². The van der Waals surface area contributed by atoms with Crippen LogP contribution in [-0.4, -0.2) is 50.6 Å². The van der Waals surface area contributed by atoms with Gasteiger partial charge in [0.25, 0.3) is 5.91 Å². The van der Waals surface area contributed by atoms with Crippen molar-refractivity contribution in [1.82, 2.24) is 30.3 Å². The quantitative estimate of drug-likeness (QED) is 0.442. The normalized spacial score (nSPS) is 11.2. The van der Waals surface area contributed by atoms with Gasteiger partial charge in [0.2, 0.25) is 0 Å². The highest BCUT2D eigenvalue weighted by atomic mass is 16.5. The molecule has 0 saturated heterocycles. The Labute approximate surface area is 185 Å². The number of carbonyl (C=O) groups is 1. The second-order valence-electron chi connectivity index (χ2n) is 7.82. The van der Waals surface area contributed by atoms with E-state index in [4.69, 9.17) is 14.5 Å². The fourth-order valence-corrected chi connectivity index (χ4v) is 3.48. The molecule has 1 amide bonds. The van der Waals surface area contributed by atoms with E-state index in [1.165, 1.54) is 0 Å². The molecule has 4 rings (SSSR count). The summed E-state index contributed by atoms with van der Waals surface area (Å²) >= 11 is 0. The van der Waals surface area contributed by atoms with Crippen LogP contribution in [-0.2, 0) is 18.3 Å². The van der Waals surface area contributed by atoms with Crippen molar-refractivity contribution in [2.45, 2.75) is 26.3 Å². The minimum Gasteiger partial charge on any atom is -0.493 e. The van der Waals surface area contributed by atoms with Crippen molar-refractivity contribution in [2.75, 3.05) is 13.7 Å². The molecule has 0 aliphatic heterocycles. The van der Waals surface area contributed by atoms with Crippen molar-refractivity contribution in [3.63, 3.8) is 0 Å². The van der Waals surface area contributed by atoms with Gasteiger partial charge in [-0.15, -0.1) is 0 Å². The van der Waals surface area contributed by atoms with Crippen LogP contribution in [0.25, 0.3) is 22.3 Å². The van der Waals surface area contributed by atoms with Crippen LogP contribution in [0.15, 0.2) is 42.6 Å². The molecule has 2 aromatic carbocycles. The van der Waals surface area contributed by atoms with E-state index >= 15 is 0 Å². The molecule has 2 aromatic heterocycles. The molecule has 9 heteroatoms. The lowest BCUT2D eigenvalue weighted by Crippen LogP contribution is -2.34. The number of carbonyl (C=O) groups excluding carboxylic acids is 1. The summed E-state index contributed by atoms with van der Waals surface area (Å²) in [4.78, 5) is 16.6. The Morgan fingerprint density at radius 3 is 2.81 bits per heavy atom. The molecule has 0 spiro atoms. The average molecular weight is 435 g/mol. The van der Waals surface area contributed by atoms with Gasteiger partial charge in [-0.25, -0.2) is 9.67 Å². The fraction of sp³-hybridized carbons (Fsp3) is 0.304. The summed E-state index contributed by atoms with van der Waals surface area (Å²) in [7, 11) is 3.42. The number of nitrogens with one attached hydrogen (secondary N) is 2. The number of hydrogen-bond donors (Lipinski definition) is 2. The van der Waals surface area contributed by atoms with Crippen molar-refractivity contribution in [3.8, 4) is 22.9 Å². The first kappa shape index (κ1) is 21.4. The second-order valence-corrected chi connectivity index (χ2v) is 7.82. The van der Waals surface area contributed by atoms with E-state index in [2.05, 4.69) is 26.7 Å². The maximum Gasteiger partial charge on any atom is 0.258 e. The van der Waals surface area contributed by atoms with E-state index in [9.17, 15) is 4.79 Å². The van der Waals surface area contributed by atoms with E-state index < -0.39 is 0 Å². The van der Waals surface area contributed by atoms with Crippen LogP contribution < -0.4 is 14.8 Å². The number of methoxy groups -OCH3 is 1. The van der Waals surface area contributed by atoms with Gasteiger partial charge < -0.3 is 14.8 Å². The van der Waals surface area contributed by atoms with Crippen LogP contribution in [0.5, 0.6) is 11.5 Å². The van der Waals surface area contributed by atoms with Gasteiger partial charge in [0.1, 0.15) is 0 Å². The zero-order valence-electron chi connectivity index (χ0n) is 18.5. The summed E-state index contributed by atoms with van der Waals surface area (Å²) < 4.78 is 12.9. The molecule has 0 atom stereocenters. The molecule has 0 fully saturated rings. The van der Waals surface area contributed by atoms with Crippen LogP contribution in [0.2, 0.25) is 0 Å². The third kappa shape index (κ3) is 4.72. The SMILES string of the molecule is COc1cc(-c2nc(Cc3ccc4[nH]ncc4c3)nn2C)ccc1OCC(=O)NC(C)C. The zero-order chi connectivity index (χ0) is 22.7. The fourth-order valence-electron chi connectivity index (χ4n) is 3.48. The number of H-pyrrole nitrogens is 1. The Balaban J connectivity index is 1.51. The minimum absolute atomic E-state index is 0.0575. The molecule has 0 aliphatic carbocycles. The Hall–Kier alpha value is -3.88. The molecule has 2 heterocycles. The van der Waals surface area contributed by atoms with Crippen molar-refractivity contribution >= 4 is 16.8 Å². The number of rotatable bonds is 8. The predicted octanol–water partition coefficient (Wildman–Crippen LogP) is 2.86. The highest BCUT2D eigenvalue weighted by Crippen LogP contribution is 2.32. The monoisotopic (exact) mass is 434 g/mol. The third-order valence-corrected chi connectivity index (χ3v) is 4.90. The summed E-state index contributed by atoms with van der Waals surface area (Å²) in [5.74, 6) is 2.26. The minimum atomic E-state index is -0.183. The molecule has 0 bridgehead atoms. The summed E-state index contributed by atoms with van der Waals surface area (Å²) in [6.45, 7) is 3.72. The molecule has 9 nitrogen and oxygen atoms in total. The first-order valence-electron chi connectivity index (χ1n) is 10.4. The molecule has 166 valence electrons. The lowest BCUT2D eigenvalue weighted by Gasteiger charge is -2.13. The maximum atomic E-state index is 11.9. The van der Waals surface area contributed by atoms with E-state index in [1.807, 2.05) is 45.2 Å². The van der Waals surface area contributed by atoms with Gasteiger partial charge in [0, 0.05) is 30.5 Å². The number of benzene rings is 2. The molecule has 0 saturated carbocycles. The van der Waals surface area contributed by atoms with E-state index in [0.717, 1.165) is 27.9 Å². The molecule has 4 aromatic rings. The van der Waals surface area contributed by atoms with Gasteiger partial charge in [-0.2, -0.15) is 10.2 Å². The summed E-state index contributed by atoms with van der Waals surface area (Å²) in [6.07, 6.45) is 2.41. The van der Waals surface area contributed by atoms with Crippen molar-refractivity contribution in [1.29, 1.82) is 0 Å². The molecule has 0 unspecified atom stereocenters. The lowest BCUT2D eigenvalue weighted by molar-refractivity contribution is -0.123. The van der Waals surface area contributed by atoms with Gasteiger partial charge >= 0.3 is 0 Å². The Bertz CT molecular complexity index is 1240. The first-order chi connectivity index (χ1) is 15.4. The smallest absolute Gasteiger partial charge is 0.258 e. The molecular weight excluding hydrogens is 408 g/mol. The summed E-state index contributed by atoms with van der Waals surface area (Å²) in [5, 5.41) is 15.4. The Morgan fingerprint density at radius 1 is 1.19 bits per heavy atom. The predicted molar refractivity (Wildman–Crippen MR) is 121 cm³/mol. The zero-order valence-corrected chi connectivity index (χ0v) is 18.5. The number of nitrogens with zero attached hydrogens (tertiary/aromatic N) is 4. The van der Waals surface area contributed by atoms with Crippen molar-refractivity contribution in [3.05, 3.63) is 54.0 Å². The van der Waals surface area contributed by atoms with Crippen LogP contribution in [0, 0.1) is 0 Å². The van der Waals surface area contributed by atoms with Gasteiger partial charge in [-0.05, 0) is 49.7 Å². The third-order valence-electron chi connectivity index (χ3n) is 4.90. The van der Waals surface area contributed by atoms with Crippen LogP contribution in [0.4, 0.5) is 0 Å². The standard InChI is InChI=1S/C23H26N6O3/c1-14(2)25-22(30)13-32-19-8-6-16(11-20(19)31-4)23-26-21(28-29(23)3)10-15-5-7-18-17(9-15)12-24-27-18/h5-9,11-12,14H,10,13H2,1-4H3,(H,24,27)(H,25,30). The van der Waals surface area contributed by atoms with E-state index in [1.54, 1.807) is 24.1 Å². The number of aryl methyl sites for hydroxylation is 1. The van der Waals surface area contributed by atoms with E-state index in [-0.39, 0.29) is 18.6 Å². The molecule has 0 aliphatic rings. The number of amides is 1. The second kappa shape index (κ2) is 9.09. The molecule has 2 N–H and O–H groups in total. The van der Waals surface area contributed by atoms with Crippen LogP contribution >= 0.6 is 0 Å². The van der Waals surface area contributed by atoms with Gasteiger partial charge in [-0.1, -0.05) is 6.07 Å². The number of fused-ring (bicyclic) bond motifs is 1. The Kier molecular flexibility index (Phi) is 6.07. The average Bonchev–Trinajstić information content (AvgIpc) is 3.37. The van der Waals surface area contributed by atoms with Gasteiger partial charge in [0.15, 0.2) is 29.8 Å². The number of hydrogen-bond acceptors (Lipinski definition) is 6. The largest absolute Gasteiger partial charge is 0.493 e. The Morgan fingerprint density at radius 2 is 2.03 bits per heavy atom. The van der Waals surface area contributed by atoms with Gasteiger partial charge in [0.05, 0.1) is 18.8 Å². The summed E-state index contributed by atoms with van der Waals surface area (Å²) in [5.41, 5.74) is 2.95. The molecule has 0 radical (unpaired) electrons. The highest BCUT2D eigenvalue weighted by Gasteiger charge is 2.15. The summed E-state index contributed by atoms with van der Waals surface area (Å²) in [6, 6.07) is 11.7.